The molecule has 1 amide bonds. The van der Waals surface area contributed by atoms with Crippen molar-refractivity contribution in [1.29, 1.82) is 0 Å². The molecule has 2 aromatic rings. The lowest BCUT2D eigenvalue weighted by Gasteiger charge is -2.32. The number of likely N-dealkylation sites (N-methyl/N-ethyl adjacent to an activating group) is 1. The van der Waals surface area contributed by atoms with Crippen molar-refractivity contribution in [2.75, 3.05) is 43.4 Å². The van der Waals surface area contributed by atoms with Crippen molar-refractivity contribution in [2.24, 2.45) is 0 Å². The summed E-state index contributed by atoms with van der Waals surface area (Å²) in [6.45, 7) is 7.82. The van der Waals surface area contributed by atoms with Crippen LogP contribution in [0.2, 0.25) is 0 Å². The van der Waals surface area contributed by atoms with Gasteiger partial charge in [-0.25, -0.2) is 9.97 Å². The van der Waals surface area contributed by atoms with E-state index in [4.69, 9.17) is 0 Å². The second kappa shape index (κ2) is 6.97. The summed E-state index contributed by atoms with van der Waals surface area (Å²) < 4.78 is 0. The van der Waals surface area contributed by atoms with Gasteiger partial charge in [0.15, 0.2) is 0 Å². The van der Waals surface area contributed by atoms with Gasteiger partial charge in [0.05, 0.1) is 5.56 Å². The third-order valence-electron chi connectivity index (χ3n) is 4.32. The molecule has 1 aliphatic rings. The molecule has 24 heavy (non-hydrogen) atoms. The number of anilines is 2. The average Bonchev–Trinajstić information content (AvgIpc) is 2.58. The topological polar surface area (TPSA) is 61.4 Å². The number of aromatic nitrogens is 2. The van der Waals surface area contributed by atoms with Gasteiger partial charge in [-0.3, -0.25) is 4.79 Å². The zero-order valence-electron chi connectivity index (χ0n) is 14.4. The van der Waals surface area contributed by atoms with Crippen LogP contribution >= 0.6 is 0 Å². The number of nitrogens with one attached hydrogen (secondary N) is 1. The number of benzene rings is 1. The summed E-state index contributed by atoms with van der Waals surface area (Å²) in [5.41, 5.74) is 3.49. The van der Waals surface area contributed by atoms with E-state index in [1.165, 1.54) is 5.56 Å². The molecule has 2 heterocycles. The SMILES string of the molecule is Cc1ccc(NC(=O)c2cnc(N3CCN(C)CC3)nc2)c(C)c1. The maximum Gasteiger partial charge on any atom is 0.258 e. The quantitative estimate of drug-likeness (QED) is 0.936. The molecule has 0 bridgehead atoms. The molecular formula is C18H23N5O. The molecule has 6 nitrogen and oxygen atoms in total. The van der Waals surface area contributed by atoms with Gasteiger partial charge >= 0.3 is 0 Å². The summed E-state index contributed by atoms with van der Waals surface area (Å²) in [7, 11) is 2.11. The average molecular weight is 325 g/mol. The third-order valence-corrected chi connectivity index (χ3v) is 4.32. The second-order valence-corrected chi connectivity index (χ2v) is 6.33. The lowest BCUT2D eigenvalue weighted by molar-refractivity contribution is 0.102. The van der Waals surface area contributed by atoms with Gasteiger partial charge in [-0.05, 0) is 32.5 Å². The summed E-state index contributed by atoms with van der Waals surface area (Å²) in [5.74, 6) is 0.498. The Bertz CT molecular complexity index is 721. The molecule has 0 spiro atoms. The van der Waals surface area contributed by atoms with Crippen molar-refractivity contribution in [2.45, 2.75) is 13.8 Å². The lowest BCUT2D eigenvalue weighted by Crippen LogP contribution is -2.45. The van der Waals surface area contributed by atoms with Gasteiger partial charge in [0.2, 0.25) is 5.95 Å². The maximum atomic E-state index is 12.4. The minimum atomic E-state index is -0.188. The molecule has 0 radical (unpaired) electrons. The minimum Gasteiger partial charge on any atom is -0.338 e. The first-order valence-electron chi connectivity index (χ1n) is 8.17. The van der Waals surface area contributed by atoms with Crippen molar-refractivity contribution in [1.82, 2.24) is 14.9 Å². The third kappa shape index (κ3) is 3.71. The van der Waals surface area contributed by atoms with E-state index in [1.54, 1.807) is 12.4 Å². The highest BCUT2D eigenvalue weighted by molar-refractivity contribution is 6.04. The molecule has 1 N–H and O–H groups in total. The van der Waals surface area contributed by atoms with E-state index in [9.17, 15) is 4.79 Å². The number of piperazine rings is 1. The van der Waals surface area contributed by atoms with Crippen molar-refractivity contribution >= 4 is 17.5 Å². The first-order valence-corrected chi connectivity index (χ1v) is 8.17. The van der Waals surface area contributed by atoms with E-state index >= 15 is 0 Å². The smallest absolute Gasteiger partial charge is 0.258 e. The number of amides is 1. The normalized spacial score (nSPS) is 15.4. The number of hydrogen-bond acceptors (Lipinski definition) is 5. The van der Waals surface area contributed by atoms with E-state index < -0.39 is 0 Å². The summed E-state index contributed by atoms with van der Waals surface area (Å²) in [4.78, 5) is 25.5. The lowest BCUT2D eigenvalue weighted by atomic mass is 10.1. The number of carbonyl (C=O) groups excluding carboxylic acids is 1. The number of nitrogens with zero attached hydrogens (tertiary/aromatic N) is 4. The van der Waals surface area contributed by atoms with Gasteiger partial charge in [0, 0.05) is 44.3 Å². The molecule has 0 saturated carbocycles. The van der Waals surface area contributed by atoms with E-state index in [0.29, 0.717) is 11.5 Å². The van der Waals surface area contributed by atoms with Crippen LogP contribution in [0.3, 0.4) is 0 Å². The van der Waals surface area contributed by atoms with Crippen LogP contribution in [-0.2, 0) is 0 Å². The first kappa shape index (κ1) is 16.4. The molecule has 1 aromatic heterocycles. The molecule has 6 heteroatoms. The van der Waals surface area contributed by atoms with Gasteiger partial charge in [-0.15, -0.1) is 0 Å². The van der Waals surface area contributed by atoms with E-state index in [1.807, 2.05) is 32.0 Å². The van der Waals surface area contributed by atoms with Crippen molar-refractivity contribution in [3.8, 4) is 0 Å². The molecule has 0 aliphatic carbocycles. The van der Waals surface area contributed by atoms with E-state index in [0.717, 1.165) is 37.4 Å². The predicted molar refractivity (Wildman–Crippen MR) is 95.6 cm³/mol. The van der Waals surface area contributed by atoms with Crippen molar-refractivity contribution < 1.29 is 4.79 Å². The summed E-state index contributed by atoms with van der Waals surface area (Å²) in [6.07, 6.45) is 3.19. The molecule has 1 saturated heterocycles. The highest BCUT2D eigenvalue weighted by atomic mass is 16.1. The van der Waals surface area contributed by atoms with Crippen LogP contribution in [0, 0.1) is 13.8 Å². The van der Waals surface area contributed by atoms with Crippen LogP contribution in [0.5, 0.6) is 0 Å². The van der Waals surface area contributed by atoms with Crippen LogP contribution in [-0.4, -0.2) is 54.0 Å². The molecular weight excluding hydrogens is 302 g/mol. The number of rotatable bonds is 3. The zero-order valence-corrected chi connectivity index (χ0v) is 14.4. The van der Waals surface area contributed by atoms with Gasteiger partial charge in [-0.1, -0.05) is 17.7 Å². The number of aryl methyl sites for hydroxylation is 2. The Balaban J connectivity index is 1.67. The minimum absolute atomic E-state index is 0.188. The van der Waals surface area contributed by atoms with Gasteiger partial charge < -0.3 is 15.1 Å². The number of hydrogen-bond donors (Lipinski definition) is 1. The highest BCUT2D eigenvalue weighted by Crippen LogP contribution is 2.17. The molecule has 0 atom stereocenters. The summed E-state index contributed by atoms with van der Waals surface area (Å²) >= 11 is 0. The maximum absolute atomic E-state index is 12.4. The van der Waals surface area contributed by atoms with Crippen LogP contribution in [0.4, 0.5) is 11.6 Å². The zero-order chi connectivity index (χ0) is 17.1. The monoisotopic (exact) mass is 325 g/mol. The molecule has 1 fully saturated rings. The molecule has 126 valence electrons. The van der Waals surface area contributed by atoms with Crippen LogP contribution in [0.1, 0.15) is 21.5 Å². The first-order chi connectivity index (χ1) is 11.5. The van der Waals surface area contributed by atoms with Crippen molar-refractivity contribution in [3.05, 3.63) is 47.3 Å². The Morgan fingerprint density at radius 1 is 1.08 bits per heavy atom. The fourth-order valence-corrected chi connectivity index (χ4v) is 2.76. The Morgan fingerprint density at radius 2 is 1.75 bits per heavy atom. The van der Waals surface area contributed by atoms with Gasteiger partial charge in [-0.2, -0.15) is 0 Å². The van der Waals surface area contributed by atoms with E-state index in [-0.39, 0.29) is 5.91 Å². The molecule has 3 rings (SSSR count). The number of carbonyl (C=O) groups is 1. The predicted octanol–water partition coefficient (Wildman–Crippen LogP) is 2.10. The second-order valence-electron chi connectivity index (χ2n) is 6.33. The largest absolute Gasteiger partial charge is 0.338 e. The fourth-order valence-electron chi connectivity index (χ4n) is 2.76. The Labute approximate surface area is 142 Å². The Hall–Kier alpha value is -2.47. The molecule has 1 aromatic carbocycles. The summed E-state index contributed by atoms with van der Waals surface area (Å²) in [5, 5.41) is 2.92. The van der Waals surface area contributed by atoms with Crippen LogP contribution in [0.15, 0.2) is 30.6 Å². The standard InChI is InChI=1S/C18H23N5O/c1-13-4-5-16(14(2)10-13)21-17(24)15-11-19-18(20-12-15)23-8-6-22(3)7-9-23/h4-5,10-12H,6-9H2,1-3H3,(H,21,24). The van der Waals surface area contributed by atoms with Gasteiger partial charge in [0.1, 0.15) is 0 Å². The Morgan fingerprint density at radius 3 is 2.38 bits per heavy atom. The molecule has 0 unspecified atom stereocenters. The fraction of sp³-hybridized carbons (Fsp3) is 0.389. The molecule has 1 aliphatic heterocycles. The Kier molecular flexibility index (Phi) is 4.76. The van der Waals surface area contributed by atoms with Crippen LogP contribution < -0.4 is 10.2 Å². The summed E-state index contributed by atoms with van der Waals surface area (Å²) in [6, 6.07) is 5.94. The van der Waals surface area contributed by atoms with Gasteiger partial charge in [0.25, 0.3) is 5.91 Å². The van der Waals surface area contributed by atoms with Crippen molar-refractivity contribution in [3.63, 3.8) is 0 Å². The highest BCUT2D eigenvalue weighted by Gasteiger charge is 2.17. The van der Waals surface area contributed by atoms with Crippen LogP contribution in [0.25, 0.3) is 0 Å². The van der Waals surface area contributed by atoms with E-state index in [2.05, 4.69) is 32.1 Å².